The number of nitrogens with one attached hydrogen (secondary N) is 1. The second-order valence-electron chi connectivity index (χ2n) is 9.53. The Hall–Kier alpha value is -3.97. The molecule has 0 bridgehead atoms. The lowest BCUT2D eigenvalue weighted by atomic mass is 9.97. The number of hydrogen-bond acceptors (Lipinski definition) is 3. The molecule has 36 heavy (non-hydrogen) atoms. The molecule has 2 aliphatic heterocycles. The molecule has 1 aromatic heterocycles. The number of rotatable bonds is 4. The van der Waals surface area contributed by atoms with Crippen molar-refractivity contribution in [1.29, 1.82) is 0 Å². The van der Waals surface area contributed by atoms with Crippen LogP contribution in [-0.4, -0.2) is 76.8 Å². The minimum atomic E-state index is -0.305. The molecule has 3 heterocycles. The Labute approximate surface area is 208 Å². The van der Waals surface area contributed by atoms with Crippen molar-refractivity contribution in [1.82, 2.24) is 19.7 Å². The fraction of sp³-hybridized carbons (Fsp3) is 0.241. The fourth-order valence-electron chi connectivity index (χ4n) is 5.27. The van der Waals surface area contributed by atoms with Crippen molar-refractivity contribution in [2.75, 3.05) is 39.3 Å². The highest BCUT2D eigenvalue weighted by Crippen LogP contribution is 2.31. The van der Waals surface area contributed by atoms with Crippen molar-refractivity contribution in [2.24, 2.45) is 0 Å². The maximum Gasteiger partial charge on any atom is 0.254 e. The molecule has 7 heteroatoms. The molecule has 2 saturated heterocycles. The number of aromatic nitrogens is 1. The standard InChI is InChI=1S/C29H27FN4O2/c30-24-8-4-7-21(16-24)26-17-23(15-22-9-10-31-27(22)26)29(36)34-18-25(19-34)32-11-13-33(14-12-32)28(35)20-5-2-1-3-6-20/h1-10,15-17,25,31H,11-14,18-19H2. The Kier molecular flexibility index (Phi) is 5.77. The topological polar surface area (TPSA) is 59.7 Å². The van der Waals surface area contributed by atoms with E-state index >= 15 is 0 Å². The van der Waals surface area contributed by atoms with Crippen LogP contribution in [0.25, 0.3) is 22.0 Å². The van der Waals surface area contributed by atoms with E-state index in [1.807, 2.05) is 70.6 Å². The maximum atomic E-state index is 13.9. The first-order valence-corrected chi connectivity index (χ1v) is 12.3. The number of benzene rings is 3. The Bertz CT molecular complexity index is 1420. The van der Waals surface area contributed by atoms with Crippen LogP contribution in [0.1, 0.15) is 20.7 Å². The summed E-state index contributed by atoms with van der Waals surface area (Å²) in [6.45, 7) is 4.35. The Morgan fingerprint density at radius 3 is 2.28 bits per heavy atom. The molecule has 6 nitrogen and oxygen atoms in total. The van der Waals surface area contributed by atoms with Crippen molar-refractivity contribution >= 4 is 22.7 Å². The smallest absolute Gasteiger partial charge is 0.254 e. The van der Waals surface area contributed by atoms with E-state index in [9.17, 15) is 14.0 Å². The molecular weight excluding hydrogens is 455 g/mol. The van der Waals surface area contributed by atoms with Crippen LogP contribution < -0.4 is 0 Å². The summed E-state index contributed by atoms with van der Waals surface area (Å²) in [7, 11) is 0. The van der Waals surface area contributed by atoms with Gasteiger partial charge in [-0.2, -0.15) is 0 Å². The van der Waals surface area contributed by atoms with E-state index in [1.54, 1.807) is 6.07 Å². The van der Waals surface area contributed by atoms with Gasteiger partial charge in [-0.15, -0.1) is 0 Å². The summed E-state index contributed by atoms with van der Waals surface area (Å²) in [6, 6.07) is 21.8. The molecule has 0 radical (unpaired) electrons. The number of fused-ring (bicyclic) bond motifs is 1. The van der Waals surface area contributed by atoms with Gasteiger partial charge in [0.1, 0.15) is 5.82 Å². The Morgan fingerprint density at radius 2 is 1.53 bits per heavy atom. The molecule has 2 fully saturated rings. The minimum Gasteiger partial charge on any atom is -0.361 e. The predicted octanol–water partition coefficient (Wildman–Crippen LogP) is 4.26. The van der Waals surface area contributed by atoms with E-state index < -0.39 is 0 Å². The van der Waals surface area contributed by atoms with Gasteiger partial charge in [0.15, 0.2) is 0 Å². The Balaban J connectivity index is 1.11. The molecule has 1 N–H and O–H groups in total. The van der Waals surface area contributed by atoms with Crippen molar-refractivity contribution in [3.63, 3.8) is 0 Å². The molecule has 182 valence electrons. The van der Waals surface area contributed by atoms with Crippen LogP contribution in [0, 0.1) is 5.82 Å². The summed E-state index contributed by atoms with van der Waals surface area (Å²) in [4.78, 5) is 35.4. The second kappa shape index (κ2) is 9.24. The van der Waals surface area contributed by atoms with Gasteiger partial charge in [0.2, 0.25) is 0 Å². The zero-order chi connectivity index (χ0) is 24.6. The van der Waals surface area contributed by atoms with Gasteiger partial charge in [-0.25, -0.2) is 4.39 Å². The van der Waals surface area contributed by atoms with Gasteiger partial charge >= 0.3 is 0 Å². The highest BCUT2D eigenvalue weighted by atomic mass is 19.1. The van der Waals surface area contributed by atoms with Crippen LogP contribution in [0.4, 0.5) is 4.39 Å². The van der Waals surface area contributed by atoms with Crippen molar-refractivity contribution in [2.45, 2.75) is 6.04 Å². The minimum absolute atomic E-state index is 0.00936. The molecule has 2 amide bonds. The first-order chi connectivity index (χ1) is 17.6. The van der Waals surface area contributed by atoms with Gasteiger partial charge in [-0.05, 0) is 48.0 Å². The molecule has 0 aliphatic carbocycles. The fourth-order valence-corrected chi connectivity index (χ4v) is 5.27. The monoisotopic (exact) mass is 482 g/mol. The van der Waals surface area contributed by atoms with Gasteiger partial charge in [0.05, 0.1) is 5.52 Å². The zero-order valence-corrected chi connectivity index (χ0v) is 19.9. The van der Waals surface area contributed by atoms with E-state index in [0.717, 1.165) is 40.7 Å². The van der Waals surface area contributed by atoms with Crippen LogP contribution in [0.5, 0.6) is 0 Å². The quantitative estimate of drug-likeness (QED) is 0.473. The van der Waals surface area contributed by atoms with Crippen molar-refractivity contribution in [3.8, 4) is 11.1 Å². The zero-order valence-electron chi connectivity index (χ0n) is 19.9. The number of carbonyl (C=O) groups excluding carboxylic acids is 2. The third-order valence-electron chi connectivity index (χ3n) is 7.33. The Morgan fingerprint density at radius 1 is 0.778 bits per heavy atom. The SMILES string of the molecule is O=C(c1ccccc1)N1CCN(C2CN(C(=O)c3cc(-c4cccc(F)c4)c4[nH]ccc4c3)C2)CC1. The van der Waals surface area contributed by atoms with Crippen LogP contribution in [0.15, 0.2) is 79.0 Å². The molecule has 4 aromatic rings. The highest BCUT2D eigenvalue weighted by Gasteiger charge is 2.37. The number of aromatic amines is 1. The lowest BCUT2D eigenvalue weighted by molar-refractivity contribution is 0.00855. The first-order valence-electron chi connectivity index (χ1n) is 12.3. The maximum absolute atomic E-state index is 13.9. The molecule has 3 aromatic carbocycles. The van der Waals surface area contributed by atoms with Crippen molar-refractivity contribution < 1.29 is 14.0 Å². The molecule has 6 rings (SSSR count). The van der Waals surface area contributed by atoms with Gasteiger partial charge in [-0.3, -0.25) is 14.5 Å². The van der Waals surface area contributed by atoms with Crippen molar-refractivity contribution in [3.05, 3.63) is 95.9 Å². The van der Waals surface area contributed by atoms with E-state index in [1.165, 1.54) is 12.1 Å². The number of halogens is 1. The largest absolute Gasteiger partial charge is 0.361 e. The third-order valence-corrected chi connectivity index (χ3v) is 7.33. The number of likely N-dealkylation sites (tertiary alicyclic amines) is 1. The summed E-state index contributed by atoms with van der Waals surface area (Å²) >= 11 is 0. The average molecular weight is 483 g/mol. The summed E-state index contributed by atoms with van der Waals surface area (Å²) in [5.74, 6) is -0.236. The summed E-state index contributed by atoms with van der Waals surface area (Å²) < 4.78 is 13.9. The van der Waals surface area contributed by atoms with E-state index in [4.69, 9.17) is 0 Å². The molecule has 0 saturated carbocycles. The summed E-state index contributed by atoms with van der Waals surface area (Å²) in [5, 5.41) is 0.927. The number of nitrogens with zero attached hydrogens (tertiary/aromatic N) is 3. The van der Waals surface area contributed by atoms with E-state index in [-0.39, 0.29) is 17.6 Å². The number of amides is 2. The summed E-state index contributed by atoms with van der Waals surface area (Å²) in [6.07, 6.45) is 1.84. The number of piperazine rings is 1. The highest BCUT2D eigenvalue weighted by molar-refractivity contribution is 6.03. The molecule has 0 atom stereocenters. The molecular formula is C29H27FN4O2. The number of carbonyl (C=O) groups is 2. The lowest BCUT2D eigenvalue weighted by Crippen LogP contribution is -2.64. The molecule has 2 aliphatic rings. The van der Waals surface area contributed by atoms with Gasteiger partial charge in [0, 0.05) is 73.6 Å². The van der Waals surface area contributed by atoms with Crippen LogP contribution in [0.2, 0.25) is 0 Å². The first kappa shape index (κ1) is 22.5. The number of hydrogen-bond donors (Lipinski definition) is 1. The molecule has 0 spiro atoms. The molecule has 0 unspecified atom stereocenters. The number of H-pyrrole nitrogens is 1. The van der Waals surface area contributed by atoms with Gasteiger partial charge in [0.25, 0.3) is 11.8 Å². The average Bonchev–Trinajstić information content (AvgIpc) is 3.36. The van der Waals surface area contributed by atoms with E-state index in [0.29, 0.717) is 37.8 Å². The van der Waals surface area contributed by atoms with Crippen LogP contribution >= 0.6 is 0 Å². The van der Waals surface area contributed by atoms with E-state index in [2.05, 4.69) is 9.88 Å². The second-order valence-corrected chi connectivity index (χ2v) is 9.53. The summed E-state index contributed by atoms with van der Waals surface area (Å²) in [5.41, 5.74) is 3.78. The normalized spacial score (nSPS) is 16.8. The lowest BCUT2D eigenvalue weighted by Gasteiger charge is -2.48. The van der Waals surface area contributed by atoms with Crippen LogP contribution in [0.3, 0.4) is 0 Å². The van der Waals surface area contributed by atoms with Crippen LogP contribution in [-0.2, 0) is 0 Å². The van der Waals surface area contributed by atoms with Gasteiger partial charge < -0.3 is 14.8 Å². The third kappa shape index (κ3) is 4.16. The predicted molar refractivity (Wildman–Crippen MR) is 137 cm³/mol. The van der Waals surface area contributed by atoms with Gasteiger partial charge in [-0.1, -0.05) is 30.3 Å².